The maximum Gasteiger partial charge on any atom is 0.244 e. The molecule has 1 aliphatic rings. The number of allylic oxidation sites excluding steroid dienone is 1. The van der Waals surface area contributed by atoms with Crippen molar-refractivity contribution in [2.24, 2.45) is 5.73 Å². The van der Waals surface area contributed by atoms with Crippen LogP contribution in [0.1, 0.15) is 22.6 Å². The smallest absolute Gasteiger partial charge is 0.244 e. The summed E-state index contributed by atoms with van der Waals surface area (Å²) in [6, 6.07) is 18.5. The third-order valence-electron chi connectivity index (χ3n) is 4.73. The van der Waals surface area contributed by atoms with Crippen molar-refractivity contribution in [2.45, 2.75) is 17.7 Å². The van der Waals surface area contributed by atoms with Gasteiger partial charge >= 0.3 is 0 Å². The van der Waals surface area contributed by atoms with E-state index in [1.54, 1.807) is 11.8 Å². The lowest BCUT2D eigenvalue weighted by atomic mass is 9.83. The van der Waals surface area contributed by atoms with Crippen LogP contribution in [0.2, 0.25) is 0 Å². The van der Waals surface area contributed by atoms with Gasteiger partial charge in [0.1, 0.15) is 11.6 Å². The minimum atomic E-state index is -0.329. The Morgan fingerprint density at radius 2 is 1.85 bits per heavy atom. The summed E-state index contributed by atoms with van der Waals surface area (Å²) in [5.74, 6) is 0.191. The average Bonchev–Trinajstić information content (AvgIpc) is 3.11. The highest BCUT2D eigenvalue weighted by molar-refractivity contribution is 7.98. The van der Waals surface area contributed by atoms with Gasteiger partial charge in [0, 0.05) is 10.5 Å². The molecule has 3 N–H and O–H groups in total. The minimum Gasteiger partial charge on any atom is -0.420 e. The van der Waals surface area contributed by atoms with E-state index >= 15 is 0 Å². The molecule has 0 fully saturated rings. The average molecular weight is 374 g/mol. The molecule has 2 heterocycles. The van der Waals surface area contributed by atoms with Gasteiger partial charge in [-0.2, -0.15) is 5.26 Å². The van der Waals surface area contributed by atoms with Crippen LogP contribution in [0.4, 0.5) is 0 Å². The molecule has 5 nitrogen and oxygen atoms in total. The predicted molar refractivity (Wildman–Crippen MR) is 106 cm³/mol. The lowest BCUT2D eigenvalue weighted by Crippen LogP contribution is -2.20. The molecule has 1 atom stereocenters. The number of thioether (sulfide) groups is 1. The van der Waals surface area contributed by atoms with Crippen LogP contribution >= 0.6 is 11.8 Å². The van der Waals surface area contributed by atoms with Crippen LogP contribution in [0, 0.1) is 18.3 Å². The highest BCUT2D eigenvalue weighted by Crippen LogP contribution is 2.45. The number of aryl methyl sites for hydroxylation is 1. The molecule has 0 saturated heterocycles. The van der Waals surface area contributed by atoms with Crippen molar-refractivity contribution in [3.8, 4) is 23.2 Å². The van der Waals surface area contributed by atoms with E-state index in [1.807, 2.05) is 61.7 Å². The van der Waals surface area contributed by atoms with Gasteiger partial charge in [-0.3, -0.25) is 5.10 Å². The van der Waals surface area contributed by atoms with Gasteiger partial charge in [-0.1, -0.05) is 42.0 Å². The monoisotopic (exact) mass is 374 g/mol. The van der Waals surface area contributed by atoms with Crippen molar-refractivity contribution in [3.63, 3.8) is 0 Å². The fourth-order valence-electron chi connectivity index (χ4n) is 3.32. The molecule has 0 unspecified atom stereocenters. The number of nitrogens with zero attached hydrogens (tertiary/aromatic N) is 2. The van der Waals surface area contributed by atoms with Crippen molar-refractivity contribution in [1.82, 2.24) is 10.2 Å². The number of aromatic amines is 1. The zero-order chi connectivity index (χ0) is 19.0. The third-order valence-corrected chi connectivity index (χ3v) is 5.47. The van der Waals surface area contributed by atoms with E-state index in [4.69, 9.17) is 10.5 Å². The van der Waals surface area contributed by atoms with Gasteiger partial charge < -0.3 is 10.5 Å². The Hall–Kier alpha value is -3.17. The Morgan fingerprint density at radius 1 is 1.15 bits per heavy atom. The Morgan fingerprint density at radius 3 is 2.48 bits per heavy atom. The van der Waals surface area contributed by atoms with E-state index in [9.17, 15) is 5.26 Å². The number of nitrogens with one attached hydrogen (secondary N) is 1. The zero-order valence-corrected chi connectivity index (χ0v) is 15.8. The number of aromatic nitrogens is 2. The van der Waals surface area contributed by atoms with E-state index < -0.39 is 0 Å². The van der Waals surface area contributed by atoms with Crippen LogP contribution in [0.5, 0.6) is 5.88 Å². The van der Waals surface area contributed by atoms with E-state index in [2.05, 4.69) is 16.3 Å². The number of ether oxygens (including phenoxy) is 1. The summed E-state index contributed by atoms with van der Waals surface area (Å²) < 4.78 is 5.65. The molecular weight excluding hydrogens is 356 g/mol. The molecule has 134 valence electrons. The molecule has 27 heavy (non-hydrogen) atoms. The number of hydrogen-bond acceptors (Lipinski definition) is 5. The summed E-state index contributed by atoms with van der Waals surface area (Å²) >= 11 is 1.67. The summed E-state index contributed by atoms with van der Waals surface area (Å²) in [7, 11) is 0. The molecule has 0 amide bonds. The third kappa shape index (κ3) is 2.96. The van der Waals surface area contributed by atoms with E-state index in [-0.39, 0.29) is 11.8 Å². The topological polar surface area (TPSA) is 87.7 Å². The molecule has 0 aliphatic carbocycles. The second kappa shape index (κ2) is 6.86. The maximum atomic E-state index is 9.75. The summed E-state index contributed by atoms with van der Waals surface area (Å²) in [5, 5.41) is 17.1. The molecule has 0 bridgehead atoms. The maximum absolute atomic E-state index is 9.75. The molecular formula is C21H18N4OS. The minimum absolute atomic E-state index is 0.103. The van der Waals surface area contributed by atoms with Gasteiger partial charge in [0.15, 0.2) is 0 Å². The number of fused-ring (bicyclic) bond motifs is 1. The Labute approximate surface area is 161 Å². The summed E-state index contributed by atoms with van der Waals surface area (Å²) in [6.07, 6.45) is 2.03. The van der Waals surface area contributed by atoms with Crippen LogP contribution in [0.15, 0.2) is 64.9 Å². The van der Waals surface area contributed by atoms with Crippen LogP contribution in [0.3, 0.4) is 0 Å². The lowest BCUT2D eigenvalue weighted by Gasteiger charge is -2.24. The van der Waals surface area contributed by atoms with Crippen LogP contribution in [0.25, 0.3) is 11.3 Å². The first-order chi connectivity index (χ1) is 13.1. The van der Waals surface area contributed by atoms with E-state index in [1.165, 1.54) is 5.56 Å². The number of nitriles is 1. The van der Waals surface area contributed by atoms with Crippen LogP contribution < -0.4 is 10.5 Å². The van der Waals surface area contributed by atoms with Gasteiger partial charge in [-0.25, -0.2) is 0 Å². The Bertz CT molecular complexity index is 1060. The van der Waals surface area contributed by atoms with E-state index in [0.29, 0.717) is 11.5 Å². The molecule has 3 aromatic rings. The number of nitrogens with two attached hydrogens (primary N) is 1. The largest absolute Gasteiger partial charge is 0.420 e. The standard InChI is InChI=1S/C21H18N4OS/c1-12-3-5-14(6-4-12)19-18-17(13-7-9-15(27-2)10-8-13)16(11-22)20(23)26-21(18)25-24-19/h3-10,17H,23H2,1-2H3,(H,24,25)/t17-/m1/s1. The van der Waals surface area contributed by atoms with Gasteiger partial charge in [0.2, 0.25) is 11.8 Å². The second-order valence-electron chi connectivity index (χ2n) is 6.38. The second-order valence-corrected chi connectivity index (χ2v) is 7.26. The SMILES string of the molecule is CSc1ccc([C@@H]2C(C#N)=C(N)Oc3n[nH]c(-c4ccc(C)cc4)c32)cc1. The Kier molecular flexibility index (Phi) is 4.38. The quantitative estimate of drug-likeness (QED) is 0.667. The van der Waals surface area contributed by atoms with Gasteiger partial charge in [-0.15, -0.1) is 16.9 Å². The fraction of sp³-hybridized carbons (Fsp3) is 0.143. The molecule has 0 spiro atoms. The normalized spacial score (nSPS) is 15.8. The van der Waals surface area contributed by atoms with Crippen molar-refractivity contribution < 1.29 is 4.74 Å². The Balaban J connectivity index is 1.90. The van der Waals surface area contributed by atoms with Crippen molar-refractivity contribution >= 4 is 11.8 Å². The number of H-pyrrole nitrogens is 1. The number of benzene rings is 2. The van der Waals surface area contributed by atoms with Crippen LogP contribution in [-0.2, 0) is 0 Å². The van der Waals surface area contributed by atoms with Gasteiger partial charge in [-0.05, 0) is 30.9 Å². The molecule has 0 saturated carbocycles. The summed E-state index contributed by atoms with van der Waals surface area (Å²) in [6.45, 7) is 2.04. The first-order valence-electron chi connectivity index (χ1n) is 8.49. The zero-order valence-electron chi connectivity index (χ0n) is 15.0. The van der Waals surface area contributed by atoms with Crippen molar-refractivity contribution in [2.75, 3.05) is 6.26 Å². The van der Waals surface area contributed by atoms with E-state index in [0.717, 1.165) is 27.3 Å². The van der Waals surface area contributed by atoms with Gasteiger partial charge in [0.05, 0.1) is 17.2 Å². The summed E-state index contributed by atoms with van der Waals surface area (Å²) in [5.41, 5.74) is 11.2. The highest BCUT2D eigenvalue weighted by atomic mass is 32.2. The number of hydrogen-bond donors (Lipinski definition) is 2. The number of rotatable bonds is 3. The van der Waals surface area contributed by atoms with Crippen molar-refractivity contribution in [1.29, 1.82) is 5.26 Å². The molecule has 1 aromatic heterocycles. The molecule has 4 rings (SSSR count). The molecule has 1 aliphatic heterocycles. The first kappa shape index (κ1) is 17.3. The van der Waals surface area contributed by atoms with Crippen LogP contribution in [-0.4, -0.2) is 16.5 Å². The van der Waals surface area contributed by atoms with Crippen molar-refractivity contribution in [3.05, 3.63) is 76.7 Å². The predicted octanol–water partition coefficient (Wildman–Crippen LogP) is 4.33. The molecule has 6 heteroatoms. The first-order valence-corrected chi connectivity index (χ1v) is 9.71. The van der Waals surface area contributed by atoms with Gasteiger partial charge in [0.25, 0.3) is 0 Å². The highest BCUT2D eigenvalue weighted by Gasteiger charge is 2.35. The molecule has 0 radical (unpaired) electrons. The molecule has 2 aromatic carbocycles. The summed E-state index contributed by atoms with van der Waals surface area (Å²) in [4.78, 5) is 1.16. The fourth-order valence-corrected chi connectivity index (χ4v) is 3.72. The lowest BCUT2D eigenvalue weighted by molar-refractivity contribution is 0.379.